The SMILES string of the molecule is CCCCCCCCCC[Si](Cl)(C#C[Si](Cl)(CC)CCCCCCCCCC)CC. The Kier molecular flexibility index (Phi) is 20.6. The molecule has 2 unspecified atom stereocenters. The van der Waals surface area contributed by atoms with Crippen molar-refractivity contribution in [2.75, 3.05) is 0 Å². The van der Waals surface area contributed by atoms with Crippen molar-refractivity contribution in [1.82, 2.24) is 0 Å². The third-order valence-corrected chi connectivity index (χ3v) is 15.7. The zero-order chi connectivity index (χ0) is 22.6. The Balaban J connectivity index is 4.23. The molecule has 178 valence electrons. The third-order valence-electron chi connectivity index (χ3n) is 6.48. The van der Waals surface area contributed by atoms with Gasteiger partial charge in [-0.15, -0.1) is 11.1 Å². The van der Waals surface area contributed by atoms with E-state index in [4.69, 9.17) is 22.2 Å². The molecule has 0 nitrogen and oxygen atoms in total. The number of halogens is 2. The summed E-state index contributed by atoms with van der Waals surface area (Å²) in [6.45, 7) is 9.03. The number of hydrogen-bond donors (Lipinski definition) is 0. The summed E-state index contributed by atoms with van der Waals surface area (Å²) in [5, 5.41) is 0. The summed E-state index contributed by atoms with van der Waals surface area (Å²) in [5.41, 5.74) is 7.23. The highest BCUT2D eigenvalue weighted by atomic mass is 35.6. The fraction of sp³-hybridized carbons (Fsp3) is 0.923. The van der Waals surface area contributed by atoms with E-state index in [-0.39, 0.29) is 0 Å². The molecule has 0 aliphatic heterocycles. The minimum atomic E-state index is -1.94. The molecule has 0 rings (SSSR count). The van der Waals surface area contributed by atoms with Crippen molar-refractivity contribution in [2.45, 2.75) is 155 Å². The van der Waals surface area contributed by atoms with Crippen molar-refractivity contribution in [3.05, 3.63) is 0 Å². The van der Waals surface area contributed by atoms with Crippen LogP contribution in [0.4, 0.5) is 0 Å². The molecule has 30 heavy (non-hydrogen) atoms. The van der Waals surface area contributed by atoms with Gasteiger partial charge in [0.1, 0.15) is 0 Å². The predicted octanol–water partition coefficient (Wildman–Crippen LogP) is 10.8. The zero-order valence-corrected chi connectivity index (χ0v) is 24.4. The van der Waals surface area contributed by atoms with Crippen LogP contribution < -0.4 is 0 Å². The van der Waals surface area contributed by atoms with Crippen molar-refractivity contribution in [2.24, 2.45) is 0 Å². The number of rotatable bonds is 20. The topological polar surface area (TPSA) is 0 Å². The second-order valence-electron chi connectivity index (χ2n) is 9.34. The van der Waals surface area contributed by atoms with Gasteiger partial charge in [0.2, 0.25) is 14.8 Å². The quantitative estimate of drug-likeness (QED) is 0.0687. The largest absolute Gasteiger partial charge is 0.233 e. The molecule has 0 amide bonds. The molecule has 0 saturated heterocycles. The first-order valence-electron chi connectivity index (χ1n) is 13.4. The van der Waals surface area contributed by atoms with Crippen LogP contribution in [-0.4, -0.2) is 14.8 Å². The smallest absolute Gasteiger partial charge is 0.150 e. The second-order valence-corrected chi connectivity index (χ2v) is 20.5. The van der Waals surface area contributed by atoms with Gasteiger partial charge in [-0.1, -0.05) is 130 Å². The van der Waals surface area contributed by atoms with E-state index in [0.717, 1.165) is 24.2 Å². The van der Waals surface area contributed by atoms with Crippen molar-refractivity contribution >= 4 is 36.9 Å². The Bertz CT molecular complexity index is 408. The fourth-order valence-corrected chi connectivity index (χ4v) is 10.3. The molecule has 0 N–H and O–H groups in total. The minimum Gasteiger partial charge on any atom is -0.150 e. The maximum atomic E-state index is 7.04. The molecule has 2 atom stereocenters. The molecular formula is C26H52Cl2Si2. The Morgan fingerprint density at radius 3 is 0.967 bits per heavy atom. The fourth-order valence-electron chi connectivity index (χ4n) is 3.96. The lowest BCUT2D eigenvalue weighted by Gasteiger charge is -2.19. The highest BCUT2D eigenvalue weighted by Gasteiger charge is 2.30. The standard InChI is InChI=1S/C26H52Cl2Si2/c1-5-9-11-13-15-17-19-21-23-29(27,7-3)25-26-30(28,8-4)24-22-20-18-16-14-12-10-6-2/h5-24H2,1-4H3. The lowest BCUT2D eigenvalue weighted by Crippen LogP contribution is -2.28. The third kappa shape index (κ3) is 17.2. The molecule has 0 aromatic rings. The molecule has 0 saturated carbocycles. The van der Waals surface area contributed by atoms with Gasteiger partial charge >= 0.3 is 0 Å². The number of unbranched alkanes of at least 4 members (excludes halogenated alkanes) is 14. The van der Waals surface area contributed by atoms with E-state index < -0.39 is 14.8 Å². The van der Waals surface area contributed by atoms with Crippen LogP contribution in [0, 0.1) is 11.1 Å². The van der Waals surface area contributed by atoms with E-state index in [9.17, 15) is 0 Å². The average molecular weight is 492 g/mol. The first-order valence-corrected chi connectivity index (χ1v) is 20.2. The molecule has 4 heteroatoms. The maximum Gasteiger partial charge on any atom is 0.233 e. The zero-order valence-electron chi connectivity index (χ0n) is 20.9. The summed E-state index contributed by atoms with van der Waals surface area (Å²) in [4.78, 5) is 0. The van der Waals surface area contributed by atoms with Crippen LogP contribution in [0.5, 0.6) is 0 Å². The Hall–Kier alpha value is 0.574. The molecule has 0 heterocycles. The van der Waals surface area contributed by atoms with Crippen LogP contribution in [-0.2, 0) is 0 Å². The summed E-state index contributed by atoms with van der Waals surface area (Å²) in [5.74, 6) is 0. The molecule has 0 radical (unpaired) electrons. The summed E-state index contributed by atoms with van der Waals surface area (Å²) in [6, 6.07) is 4.41. The van der Waals surface area contributed by atoms with Gasteiger partial charge in [0.05, 0.1) is 0 Å². The molecule has 0 fully saturated rings. The van der Waals surface area contributed by atoms with Crippen LogP contribution in [0.2, 0.25) is 24.2 Å². The van der Waals surface area contributed by atoms with Crippen LogP contribution >= 0.6 is 22.2 Å². The summed E-state index contributed by atoms with van der Waals surface area (Å²) < 4.78 is 0. The van der Waals surface area contributed by atoms with Crippen LogP contribution in [0.3, 0.4) is 0 Å². The van der Waals surface area contributed by atoms with E-state index in [1.807, 2.05) is 0 Å². The van der Waals surface area contributed by atoms with Crippen LogP contribution in [0.1, 0.15) is 130 Å². The molecular weight excluding hydrogens is 439 g/mol. The van der Waals surface area contributed by atoms with E-state index in [2.05, 4.69) is 38.8 Å². The van der Waals surface area contributed by atoms with Gasteiger partial charge in [-0.25, -0.2) is 0 Å². The van der Waals surface area contributed by atoms with Crippen molar-refractivity contribution < 1.29 is 0 Å². The lowest BCUT2D eigenvalue weighted by molar-refractivity contribution is 0.584. The predicted molar refractivity (Wildman–Crippen MR) is 147 cm³/mol. The van der Waals surface area contributed by atoms with E-state index in [1.54, 1.807) is 0 Å². The Morgan fingerprint density at radius 2 is 0.700 bits per heavy atom. The highest BCUT2D eigenvalue weighted by Crippen LogP contribution is 2.27. The summed E-state index contributed by atoms with van der Waals surface area (Å²) in [6.07, 6.45) is 21.7. The van der Waals surface area contributed by atoms with Gasteiger partial charge in [-0.3, -0.25) is 0 Å². The van der Waals surface area contributed by atoms with Gasteiger partial charge in [0, 0.05) is 0 Å². The molecule has 0 spiro atoms. The van der Waals surface area contributed by atoms with Crippen molar-refractivity contribution in [3.63, 3.8) is 0 Å². The molecule has 0 aliphatic carbocycles. The van der Waals surface area contributed by atoms with E-state index in [1.165, 1.54) is 103 Å². The van der Waals surface area contributed by atoms with Crippen LogP contribution in [0.25, 0.3) is 0 Å². The lowest BCUT2D eigenvalue weighted by atomic mass is 10.1. The van der Waals surface area contributed by atoms with Crippen molar-refractivity contribution in [3.8, 4) is 11.1 Å². The second kappa shape index (κ2) is 20.2. The molecule has 0 aromatic heterocycles. The summed E-state index contributed by atoms with van der Waals surface area (Å²) in [7, 11) is -3.88. The van der Waals surface area contributed by atoms with Gasteiger partial charge in [-0.05, 0) is 24.2 Å². The van der Waals surface area contributed by atoms with Crippen LogP contribution in [0.15, 0.2) is 0 Å². The van der Waals surface area contributed by atoms with Gasteiger partial charge in [0.15, 0.2) is 0 Å². The van der Waals surface area contributed by atoms with Crippen molar-refractivity contribution in [1.29, 1.82) is 0 Å². The normalized spacial score (nSPS) is 15.3. The first kappa shape index (κ1) is 30.6. The molecule has 0 bridgehead atoms. The Morgan fingerprint density at radius 1 is 0.433 bits per heavy atom. The van der Waals surface area contributed by atoms with Gasteiger partial charge in [0.25, 0.3) is 0 Å². The first-order chi connectivity index (χ1) is 14.4. The highest BCUT2D eigenvalue weighted by molar-refractivity contribution is 7.28. The average Bonchev–Trinajstić information content (AvgIpc) is 2.76. The number of hydrogen-bond acceptors (Lipinski definition) is 0. The monoisotopic (exact) mass is 490 g/mol. The molecule has 0 aromatic carbocycles. The van der Waals surface area contributed by atoms with Gasteiger partial charge < -0.3 is 0 Å². The summed E-state index contributed by atoms with van der Waals surface area (Å²) >= 11 is 14.1. The minimum absolute atomic E-state index is 1.06. The maximum absolute atomic E-state index is 7.04. The molecule has 0 aliphatic rings. The van der Waals surface area contributed by atoms with Gasteiger partial charge in [-0.2, -0.15) is 22.2 Å². The Labute approximate surface area is 202 Å². The van der Waals surface area contributed by atoms with E-state index in [0.29, 0.717) is 0 Å². The van der Waals surface area contributed by atoms with E-state index >= 15 is 0 Å².